The molecule has 2 rings (SSSR count). The van der Waals surface area contributed by atoms with Crippen molar-refractivity contribution in [1.82, 2.24) is 0 Å². The van der Waals surface area contributed by atoms with Gasteiger partial charge in [-0.15, -0.1) is 0 Å². The fourth-order valence-corrected chi connectivity index (χ4v) is 3.70. The second kappa shape index (κ2) is 10.0. The van der Waals surface area contributed by atoms with E-state index in [1.54, 1.807) is 50.2 Å². The van der Waals surface area contributed by atoms with Crippen molar-refractivity contribution in [2.24, 2.45) is 0 Å². The van der Waals surface area contributed by atoms with Crippen molar-refractivity contribution >= 4 is 15.9 Å². The Balaban J connectivity index is 1.88. The van der Waals surface area contributed by atoms with Crippen LogP contribution in [0, 0.1) is 0 Å². The molecule has 0 aliphatic rings. The Kier molecular flexibility index (Phi) is 7.96. The predicted octanol–water partition coefficient (Wildman–Crippen LogP) is 3.77. The first-order chi connectivity index (χ1) is 13.8. The van der Waals surface area contributed by atoms with Crippen molar-refractivity contribution in [3.63, 3.8) is 0 Å². The van der Waals surface area contributed by atoms with E-state index in [9.17, 15) is 18.3 Å². The van der Waals surface area contributed by atoms with E-state index < -0.39 is 15.7 Å². The largest absolute Gasteiger partial charge is 0.491 e. The van der Waals surface area contributed by atoms with E-state index in [4.69, 9.17) is 8.92 Å². The summed E-state index contributed by atoms with van der Waals surface area (Å²) in [6.45, 7) is 5.43. The Bertz CT molecular complexity index is 897. The lowest BCUT2D eigenvalue weighted by Crippen LogP contribution is -2.37. The molecule has 0 unspecified atom stereocenters. The Hall–Kier alpha value is -2.22. The summed E-state index contributed by atoms with van der Waals surface area (Å²) >= 11 is 0. The molecule has 0 radical (unpaired) electrons. The number of rotatable bonds is 11. The zero-order valence-corrected chi connectivity index (χ0v) is 17.9. The van der Waals surface area contributed by atoms with Crippen LogP contribution >= 0.6 is 0 Å². The van der Waals surface area contributed by atoms with Crippen LogP contribution < -0.4 is 4.74 Å². The van der Waals surface area contributed by atoms with Crippen LogP contribution in [-0.2, 0) is 20.7 Å². The number of hydrogen-bond acceptors (Lipinski definition) is 6. The van der Waals surface area contributed by atoms with Crippen LogP contribution in [0.2, 0.25) is 0 Å². The number of aliphatic hydroxyl groups is 1. The third-order valence-electron chi connectivity index (χ3n) is 4.92. The average molecular weight is 421 g/mol. The van der Waals surface area contributed by atoms with Crippen LogP contribution in [0.15, 0.2) is 53.4 Å². The van der Waals surface area contributed by atoms with E-state index in [0.717, 1.165) is 12.0 Å². The molecule has 0 spiro atoms. The molecule has 7 heteroatoms. The highest BCUT2D eigenvalue weighted by Crippen LogP contribution is 2.23. The van der Waals surface area contributed by atoms with Gasteiger partial charge in [-0.2, -0.15) is 8.42 Å². The number of benzene rings is 2. The second-order valence-electron chi connectivity index (χ2n) is 6.71. The molecule has 0 saturated carbocycles. The second-order valence-corrected chi connectivity index (χ2v) is 8.33. The fourth-order valence-electron chi connectivity index (χ4n) is 2.81. The van der Waals surface area contributed by atoms with E-state index >= 15 is 0 Å². The number of ketones is 1. The first-order valence-corrected chi connectivity index (χ1v) is 11.1. The van der Waals surface area contributed by atoms with Crippen LogP contribution in [0.5, 0.6) is 5.75 Å². The monoisotopic (exact) mass is 420 g/mol. The molecule has 0 fully saturated rings. The zero-order valence-electron chi connectivity index (χ0n) is 17.1. The summed E-state index contributed by atoms with van der Waals surface area (Å²) in [6, 6.07) is 13.0. The molecule has 6 nitrogen and oxygen atoms in total. The number of Topliss-reactive ketones (excluding diaryl/α,β-unsaturated/α-hetero) is 1. The van der Waals surface area contributed by atoms with Crippen LogP contribution in [-0.4, -0.2) is 38.1 Å². The molecule has 158 valence electrons. The summed E-state index contributed by atoms with van der Waals surface area (Å²) in [5, 5.41) is 10.3. The number of ether oxygens (including phenoxy) is 1. The van der Waals surface area contributed by atoms with Gasteiger partial charge in [0.05, 0.1) is 4.90 Å². The Morgan fingerprint density at radius 3 is 2.03 bits per heavy atom. The van der Waals surface area contributed by atoms with Gasteiger partial charge in [0.25, 0.3) is 10.1 Å². The predicted molar refractivity (Wildman–Crippen MR) is 111 cm³/mol. The lowest BCUT2D eigenvalue weighted by atomic mass is 9.88. The third kappa shape index (κ3) is 5.88. The molecule has 0 amide bonds. The highest BCUT2D eigenvalue weighted by atomic mass is 32.2. The van der Waals surface area contributed by atoms with E-state index in [1.807, 2.05) is 6.92 Å². The fraction of sp³-hybridized carbons (Fsp3) is 0.409. The van der Waals surface area contributed by atoms with Gasteiger partial charge < -0.3 is 9.84 Å². The molecule has 0 saturated heterocycles. The lowest BCUT2D eigenvalue weighted by Gasteiger charge is -2.23. The number of carbonyl (C=O) groups is 1. The van der Waals surface area contributed by atoms with E-state index in [1.165, 1.54) is 12.1 Å². The van der Waals surface area contributed by atoms with Gasteiger partial charge in [0.1, 0.15) is 24.6 Å². The van der Waals surface area contributed by atoms with Crippen molar-refractivity contribution in [2.45, 2.75) is 50.5 Å². The van der Waals surface area contributed by atoms with Gasteiger partial charge in [0, 0.05) is 5.56 Å². The molecule has 0 atom stereocenters. The van der Waals surface area contributed by atoms with Gasteiger partial charge >= 0.3 is 0 Å². The van der Waals surface area contributed by atoms with E-state index in [-0.39, 0.29) is 23.9 Å². The standard InChI is InChI=1S/C22H28O6S/c1-4-17-7-13-20(14-8-17)29(25,26)28-16-15-27-19-11-9-18(10-12-19)21(23)22(24,5-2)6-3/h7-14,24H,4-6,15-16H2,1-3H3. The maximum absolute atomic E-state index is 12.4. The van der Waals surface area contributed by atoms with Crippen molar-refractivity contribution < 1.29 is 27.2 Å². The van der Waals surface area contributed by atoms with Gasteiger partial charge in [-0.05, 0) is 61.2 Å². The van der Waals surface area contributed by atoms with Gasteiger partial charge in [-0.25, -0.2) is 0 Å². The molecule has 0 bridgehead atoms. The highest BCUT2D eigenvalue weighted by molar-refractivity contribution is 7.86. The summed E-state index contributed by atoms with van der Waals surface area (Å²) < 4.78 is 34.8. The number of hydrogen-bond donors (Lipinski definition) is 1. The van der Waals surface area contributed by atoms with Gasteiger partial charge in [-0.3, -0.25) is 8.98 Å². The molecule has 0 aromatic heterocycles. The molecule has 0 aliphatic heterocycles. The Morgan fingerprint density at radius 1 is 0.931 bits per heavy atom. The molecular weight excluding hydrogens is 392 g/mol. The summed E-state index contributed by atoms with van der Waals surface area (Å²) in [5.74, 6) is 0.156. The van der Waals surface area contributed by atoms with E-state index in [0.29, 0.717) is 24.2 Å². The Labute approximate surface area is 172 Å². The average Bonchev–Trinajstić information content (AvgIpc) is 2.76. The molecule has 0 aliphatic carbocycles. The molecule has 0 heterocycles. The maximum atomic E-state index is 12.4. The van der Waals surface area contributed by atoms with Crippen molar-refractivity contribution in [1.29, 1.82) is 0 Å². The number of carbonyl (C=O) groups excluding carboxylic acids is 1. The van der Waals surface area contributed by atoms with Crippen molar-refractivity contribution in [2.75, 3.05) is 13.2 Å². The minimum Gasteiger partial charge on any atom is -0.491 e. The highest BCUT2D eigenvalue weighted by Gasteiger charge is 2.32. The topological polar surface area (TPSA) is 89.9 Å². The minimum atomic E-state index is -3.83. The van der Waals surface area contributed by atoms with Crippen LogP contribution in [0.25, 0.3) is 0 Å². The minimum absolute atomic E-state index is 0.0351. The third-order valence-corrected chi connectivity index (χ3v) is 6.25. The summed E-state index contributed by atoms with van der Waals surface area (Å²) in [6.07, 6.45) is 1.51. The van der Waals surface area contributed by atoms with Gasteiger partial charge in [0.15, 0.2) is 5.78 Å². The molecule has 29 heavy (non-hydrogen) atoms. The molecule has 2 aromatic carbocycles. The van der Waals surface area contributed by atoms with Crippen LogP contribution in [0.3, 0.4) is 0 Å². The summed E-state index contributed by atoms with van der Waals surface area (Å²) in [5.41, 5.74) is 0.0864. The van der Waals surface area contributed by atoms with Crippen LogP contribution in [0.4, 0.5) is 0 Å². The molecule has 2 aromatic rings. The number of aryl methyl sites for hydroxylation is 1. The van der Waals surface area contributed by atoms with Crippen LogP contribution in [0.1, 0.15) is 49.5 Å². The first-order valence-electron chi connectivity index (χ1n) is 9.74. The SMILES string of the molecule is CCc1ccc(S(=O)(=O)OCCOc2ccc(C(=O)C(O)(CC)CC)cc2)cc1. The molecular formula is C22H28O6S. The Morgan fingerprint density at radius 2 is 1.52 bits per heavy atom. The zero-order chi connectivity index (χ0) is 21.5. The maximum Gasteiger partial charge on any atom is 0.297 e. The quantitative estimate of drug-likeness (QED) is 0.338. The van der Waals surface area contributed by atoms with Crippen molar-refractivity contribution in [3.05, 3.63) is 59.7 Å². The van der Waals surface area contributed by atoms with Gasteiger partial charge in [0.2, 0.25) is 0 Å². The first kappa shape index (κ1) is 23.1. The van der Waals surface area contributed by atoms with E-state index in [2.05, 4.69) is 0 Å². The van der Waals surface area contributed by atoms with Gasteiger partial charge in [-0.1, -0.05) is 32.9 Å². The molecule has 1 N–H and O–H groups in total. The summed E-state index contributed by atoms with van der Waals surface area (Å²) in [7, 11) is -3.83. The van der Waals surface area contributed by atoms with Crippen molar-refractivity contribution in [3.8, 4) is 5.75 Å². The summed E-state index contributed by atoms with van der Waals surface area (Å²) in [4.78, 5) is 12.5. The normalized spacial score (nSPS) is 12.0. The lowest BCUT2D eigenvalue weighted by molar-refractivity contribution is 0.0277. The smallest absolute Gasteiger partial charge is 0.297 e.